The Kier molecular flexibility index (Phi) is 7.61. The number of rotatable bonds is 6. The Balaban J connectivity index is 1.63. The molecule has 6 aromatic rings. The Bertz CT molecular complexity index is 2090. The smallest absolute Gasteiger partial charge is 0.337 e. The molecule has 0 N–H and O–H groups in total. The van der Waals surface area contributed by atoms with Crippen molar-refractivity contribution in [1.29, 1.82) is 5.26 Å². The summed E-state index contributed by atoms with van der Waals surface area (Å²) in [6, 6.07) is 27.2. The van der Waals surface area contributed by atoms with Crippen LogP contribution in [-0.2, 0) is 4.74 Å². The van der Waals surface area contributed by atoms with E-state index >= 15 is 0 Å². The number of aryl methyl sites for hydroxylation is 2. The van der Waals surface area contributed by atoms with Gasteiger partial charge in [-0.25, -0.2) is 13.6 Å². The third-order valence-corrected chi connectivity index (χ3v) is 9.20. The minimum Gasteiger partial charge on any atom is -0.465 e. The number of nitrogens with zero attached hydrogens (tertiary/aromatic N) is 2. The van der Waals surface area contributed by atoms with E-state index in [0.29, 0.717) is 31.8 Å². The quantitative estimate of drug-likeness (QED) is 0.177. The summed E-state index contributed by atoms with van der Waals surface area (Å²) in [5, 5.41) is 12.5. The predicted molar refractivity (Wildman–Crippen MR) is 169 cm³/mol. The van der Waals surface area contributed by atoms with Gasteiger partial charge in [-0.05, 0) is 108 Å². The Morgan fingerprint density at radius 2 is 1.72 bits per heavy atom. The number of carbonyl (C=O) groups excluding carboxylic acids is 1. The van der Waals surface area contributed by atoms with Gasteiger partial charge in [0.25, 0.3) is 0 Å². The Labute approximate surface area is 255 Å². The highest BCUT2D eigenvalue weighted by molar-refractivity contribution is 7.98. The topological polar surface area (TPSA) is 55.0 Å². The lowest BCUT2D eigenvalue weighted by molar-refractivity contribution is 0.0600. The fraction of sp³-hybridized carbons (Fsp3) is 0.0857. The van der Waals surface area contributed by atoms with Crippen molar-refractivity contribution in [2.45, 2.75) is 18.7 Å². The van der Waals surface area contributed by atoms with Gasteiger partial charge in [0.2, 0.25) is 0 Å². The van der Waals surface area contributed by atoms with E-state index in [9.17, 15) is 18.8 Å². The Morgan fingerprint density at radius 1 is 0.907 bits per heavy atom. The normalized spacial score (nSPS) is 11.1. The zero-order valence-electron chi connectivity index (χ0n) is 23.4. The molecule has 2 heterocycles. The molecule has 4 nitrogen and oxygen atoms in total. The molecule has 0 aliphatic heterocycles. The molecule has 0 atom stereocenters. The van der Waals surface area contributed by atoms with Gasteiger partial charge in [0.1, 0.15) is 22.6 Å². The maximum absolute atomic E-state index is 14.8. The molecule has 4 aromatic carbocycles. The molecule has 212 valence electrons. The molecule has 0 fully saturated rings. The van der Waals surface area contributed by atoms with Gasteiger partial charge in [-0.2, -0.15) is 5.26 Å². The largest absolute Gasteiger partial charge is 0.465 e. The van der Waals surface area contributed by atoms with Gasteiger partial charge in [0, 0.05) is 27.0 Å². The second kappa shape index (κ2) is 11.5. The number of fused-ring (bicyclic) bond motifs is 1. The number of esters is 1. The molecule has 8 heteroatoms. The van der Waals surface area contributed by atoms with Gasteiger partial charge in [-0.1, -0.05) is 30.3 Å². The second-order valence-electron chi connectivity index (χ2n) is 10.1. The summed E-state index contributed by atoms with van der Waals surface area (Å²) in [6.45, 7) is 3.65. The summed E-state index contributed by atoms with van der Waals surface area (Å²) in [5.41, 5.74) is 7.51. The monoisotopic (exact) mass is 606 g/mol. The summed E-state index contributed by atoms with van der Waals surface area (Å²) < 4.78 is 36.3. The first kappa shape index (κ1) is 28.4. The molecule has 0 radical (unpaired) electrons. The summed E-state index contributed by atoms with van der Waals surface area (Å²) >= 11 is 2.66. The molecule has 2 aromatic heterocycles. The van der Waals surface area contributed by atoms with Gasteiger partial charge < -0.3 is 4.74 Å². The van der Waals surface area contributed by atoms with E-state index in [2.05, 4.69) is 6.07 Å². The highest BCUT2D eigenvalue weighted by Crippen LogP contribution is 2.47. The fourth-order valence-corrected chi connectivity index (χ4v) is 6.99. The molecule has 0 unspecified atom stereocenters. The molecular weight excluding hydrogens is 583 g/mol. The first-order valence-electron chi connectivity index (χ1n) is 13.3. The number of hydrogen-bond donors (Lipinski definition) is 0. The third-order valence-electron chi connectivity index (χ3n) is 7.36. The van der Waals surface area contributed by atoms with Crippen molar-refractivity contribution in [2.75, 3.05) is 7.11 Å². The number of thiophene rings is 1. The molecule has 43 heavy (non-hydrogen) atoms. The number of aromatic nitrogens is 1. The summed E-state index contributed by atoms with van der Waals surface area (Å²) in [4.78, 5) is 13.3. The minimum absolute atomic E-state index is 0.313. The van der Waals surface area contributed by atoms with Crippen LogP contribution in [0.5, 0.6) is 0 Å². The molecule has 0 saturated carbocycles. The van der Waals surface area contributed by atoms with Gasteiger partial charge in [-0.3, -0.25) is 3.97 Å². The van der Waals surface area contributed by atoms with Crippen LogP contribution in [0.15, 0.2) is 95.2 Å². The number of hydrogen-bond acceptors (Lipinski definition) is 5. The molecule has 0 amide bonds. The summed E-state index contributed by atoms with van der Waals surface area (Å²) in [7, 11) is 1.35. The number of methoxy groups -OCH3 is 1. The van der Waals surface area contributed by atoms with E-state index in [1.54, 1.807) is 31.2 Å². The predicted octanol–water partition coefficient (Wildman–Crippen LogP) is 9.81. The van der Waals surface area contributed by atoms with E-state index in [1.165, 1.54) is 48.6 Å². The maximum Gasteiger partial charge on any atom is 0.337 e. The van der Waals surface area contributed by atoms with E-state index in [4.69, 9.17) is 4.74 Å². The maximum atomic E-state index is 14.8. The SMILES string of the molecule is COC(=O)c1ccc(-c2cccc(-c3c(-c4ccsc4C#N)c4cc(F)ccc4n3Sc3ccc(C)c(F)c3)c2)c(C)c1. The molecule has 0 aliphatic rings. The number of ether oxygens (including phenoxy) is 1. The number of halogens is 2. The van der Waals surface area contributed by atoms with E-state index < -0.39 is 11.8 Å². The summed E-state index contributed by atoms with van der Waals surface area (Å²) in [5.74, 6) is -1.11. The van der Waals surface area contributed by atoms with Crippen LogP contribution in [0, 0.1) is 36.8 Å². The lowest BCUT2D eigenvalue weighted by Crippen LogP contribution is -2.01. The molecule has 0 bridgehead atoms. The second-order valence-corrected chi connectivity index (χ2v) is 12.0. The van der Waals surface area contributed by atoms with Gasteiger partial charge in [0.15, 0.2) is 0 Å². The average molecular weight is 607 g/mol. The standard InChI is InChI=1S/C35H24F2N2O2S2/c1-20-7-10-26(18-30(20)37)43-39-31-12-9-25(36)17-29(31)33(28-13-14-42-32(28)19-38)34(39)23-6-4-5-22(16-23)27-11-8-24(15-21(27)2)35(40)41-3/h4-18H,1-3H3. The number of carbonyl (C=O) groups is 1. The van der Waals surface area contributed by atoms with Crippen LogP contribution in [-0.4, -0.2) is 17.1 Å². The van der Waals surface area contributed by atoms with Crippen LogP contribution >= 0.6 is 23.3 Å². The average Bonchev–Trinajstić information content (AvgIpc) is 3.60. The molecule has 0 spiro atoms. The molecule has 0 saturated heterocycles. The van der Waals surface area contributed by atoms with Crippen LogP contribution in [0.25, 0.3) is 44.4 Å². The van der Waals surface area contributed by atoms with Crippen LogP contribution in [0.3, 0.4) is 0 Å². The number of nitriles is 1. The lowest BCUT2D eigenvalue weighted by atomic mass is 9.94. The lowest BCUT2D eigenvalue weighted by Gasteiger charge is -2.14. The molecule has 0 aliphatic carbocycles. The molecular formula is C35H24F2N2O2S2. The van der Waals surface area contributed by atoms with Crippen molar-refractivity contribution in [2.24, 2.45) is 0 Å². The zero-order chi connectivity index (χ0) is 30.2. The van der Waals surface area contributed by atoms with E-state index in [-0.39, 0.29) is 5.82 Å². The highest BCUT2D eigenvalue weighted by Gasteiger charge is 2.24. The van der Waals surface area contributed by atoms with Crippen molar-refractivity contribution >= 4 is 40.2 Å². The third kappa shape index (κ3) is 5.22. The minimum atomic E-state index is -0.404. The number of benzene rings is 4. The van der Waals surface area contributed by atoms with E-state index in [0.717, 1.165) is 39.0 Å². The van der Waals surface area contributed by atoms with Gasteiger partial charge in [0.05, 0.1) is 23.9 Å². The van der Waals surface area contributed by atoms with Crippen molar-refractivity contribution in [3.05, 3.63) is 124 Å². The van der Waals surface area contributed by atoms with Gasteiger partial charge >= 0.3 is 5.97 Å². The highest BCUT2D eigenvalue weighted by atomic mass is 32.2. The van der Waals surface area contributed by atoms with Crippen molar-refractivity contribution in [1.82, 2.24) is 3.97 Å². The first-order chi connectivity index (χ1) is 20.8. The summed E-state index contributed by atoms with van der Waals surface area (Å²) in [6.07, 6.45) is 0. The van der Waals surface area contributed by atoms with Crippen LogP contribution < -0.4 is 0 Å². The van der Waals surface area contributed by atoms with Crippen LogP contribution in [0.1, 0.15) is 26.4 Å². The molecule has 6 rings (SSSR count). The van der Waals surface area contributed by atoms with Crippen molar-refractivity contribution in [3.63, 3.8) is 0 Å². The first-order valence-corrected chi connectivity index (χ1v) is 15.0. The zero-order valence-corrected chi connectivity index (χ0v) is 25.1. The Hall–Kier alpha value is -4.71. The van der Waals surface area contributed by atoms with Crippen LogP contribution in [0.2, 0.25) is 0 Å². The van der Waals surface area contributed by atoms with Crippen molar-refractivity contribution < 1.29 is 18.3 Å². The van der Waals surface area contributed by atoms with Crippen molar-refractivity contribution in [3.8, 4) is 39.6 Å². The van der Waals surface area contributed by atoms with Gasteiger partial charge in [-0.15, -0.1) is 11.3 Å². The van der Waals surface area contributed by atoms with Crippen LogP contribution in [0.4, 0.5) is 8.78 Å². The Morgan fingerprint density at radius 3 is 2.47 bits per heavy atom. The van der Waals surface area contributed by atoms with E-state index in [1.807, 2.05) is 58.7 Å². The fourth-order valence-electron chi connectivity index (χ4n) is 5.26.